The van der Waals surface area contributed by atoms with Crippen molar-refractivity contribution in [2.75, 3.05) is 0 Å². The number of aldehydes is 1. The molecule has 2 aromatic rings. The molecule has 0 atom stereocenters. The summed E-state index contributed by atoms with van der Waals surface area (Å²) in [5, 5.41) is 4.92. The van der Waals surface area contributed by atoms with E-state index in [0.29, 0.717) is 23.2 Å². The summed E-state index contributed by atoms with van der Waals surface area (Å²) in [5.74, 6) is 0.437. The Labute approximate surface area is 124 Å². The van der Waals surface area contributed by atoms with Gasteiger partial charge in [0.2, 0.25) is 0 Å². The molecule has 1 aromatic carbocycles. The van der Waals surface area contributed by atoms with E-state index < -0.39 is 0 Å². The molecule has 0 fully saturated rings. The lowest BCUT2D eigenvalue weighted by molar-refractivity contribution is 0.112. The second kappa shape index (κ2) is 6.23. The molecule has 0 aliphatic rings. The van der Waals surface area contributed by atoms with E-state index in [1.807, 2.05) is 0 Å². The highest BCUT2D eigenvalue weighted by atomic mass is 35.5. The largest absolute Gasteiger partial charge is 0.298 e. The molecule has 3 nitrogen and oxygen atoms in total. The van der Waals surface area contributed by atoms with Gasteiger partial charge in [0.25, 0.3) is 0 Å². The van der Waals surface area contributed by atoms with Crippen molar-refractivity contribution in [2.45, 2.75) is 33.7 Å². The highest BCUT2D eigenvalue weighted by Gasteiger charge is 2.16. The number of nitrogens with zero attached hydrogens (tertiary/aromatic N) is 2. The SMILES string of the molecule is Cc1ccc(Cn2nc(CC(C)C)c(C=O)c2Cl)cc1. The molecule has 4 heteroatoms. The molecule has 1 aromatic heterocycles. The molecule has 0 bridgehead atoms. The van der Waals surface area contributed by atoms with Gasteiger partial charge >= 0.3 is 0 Å². The average molecular weight is 291 g/mol. The lowest BCUT2D eigenvalue weighted by Crippen LogP contribution is -2.03. The number of hydrogen-bond donors (Lipinski definition) is 0. The van der Waals surface area contributed by atoms with Crippen LogP contribution in [0.3, 0.4) is 0 Å². The first-order valence-electron chi connectivity index (χ1n) is 6.77. The fraction of sp³-hybridized carbons (Fsp3) is 0.375. The third kappa shape index (κ3) is 3.28. The molecular formula is C16H19ClN2O. The maximum Gasteiger partial charge on any atom is 0.155 e. The number of aromatic nitrogens is 2. The van der Waals surface area contributed by atoms with Gasteiger partial charge in [-0.15, -0.1) is 0 Å². The Kier molecular flexibility index (Phi) is 4.61. The summed E-state index contributed by atoms with van der Waals surface area (Å²) in [6, 6.07) is 8.22. The molecule has 0 N–H and O–H groups in total. The van der Waals surface area contributed by atoms with Gasteiger partial charge in [0.1, 0.15) is 5.15 Å². The van der Waals surface area contributed by atoms with E-state index in [4.69, 9.17) is 11.6 Å². The number of rotatable bonds is 5. The van der Waals surface area contributed by atoms with E-state index in [1.165, 1.54) is 5.56 Å². The standard InChI is InChI=1S/C16H19ClN2O/c1-11(2)8-15-14(10-20)16(17)19(18-15)9-13-6-4-12(3)5-7-13/h4-7,10-11H,8-9H2,1-3H3. The lowest BCUT2D eigenvalue weighted by Gasteiger charge is -2.04. The van der Waals surface area contributed by atoms with E-state index in [9.17, 15) is 4.79 Å². The van der Waals surface area contributed by atoms with Gasteiger partial charge in [0.15, 0.2) is 6.29 Å². The molecule has 0 saturated heterocycles. The summed E-state index contributed by atoms with van der Waals surface area (Å²) in [6.07, 6.45) is 1.56. The third-order valence-corrected chi connectivity index (χ3v) is 3.57. The van der Waals surface area contributed by atoms with Gasteiger partial charge in [-0.1, -0.05) is 55.3 Å². The Morgan fingerprint density at radius 3 is 2.50 bits per heavy atom. The van der Waals surface area contributed by atoms with Crippen LogP contribution in [-0.2, 0) is 13.0 Å². The minimum absolute atomic E-state index is 0.427. The monoisotopic (exact) mass is 290 g/mol. The Bertz CT molecular complexity index is 600. The minimum atomic E-state index is 0.427. The summed E-state index contributed by atoms with van der Waals surface area (Å²) >= 11 is 6.26. The Morgan fingerprint density at radius 1 is 1.30 bits per heavy atom. The minimum Gasteiger partial charge on any atom is -0.298 e. The number of carbonyl (C=O) groups is 1. The zero-order valence-corrected chi connectivity index (χ0v) is 12.8. The van der Waals surface area contributed by atoms with Crippen molar-refractivity contribution in [3.63, 3.8) is 0 Å². The molecule has 0 saturated carbocycles. The van der Waals surface area contributed by atoms with Crippen LogP contribution < -0.4 is 0 Å². The molecule has 0 radical (unpaired) electrons. The van der Waals surface area contributed by atoms with Crippen LogP contribution in [-0.4, -0.2) is 16.1 Å². The average Bonchev–Trinajstić information content (AvgIpc) is 2.67. The second-order valence-corrected chi connectivity index (χ2v) is 5.87. The summed E-state index contributed by atoms with van der Waals surface area (Å²) in [4.78, 5) is 11.2. The quantitative estimate of drug-likeness (QED) is 0.783. The van der Waals surface area contributed by atoms with E-state index in [2.05, 4.69) is 50.1 Å². The van der Waals surface area contributed by atoms with Crippen LogP contribution in [0.4, 0.5) is 0 Å². The van der Waals surface area contributed by atoms with Crippen LogP contribution in [0.15, 0.2) is 24.3 Å². The highest BCUT2D eigenvalue weighted by Crippen LogP contribution is 2.22. The number of aryl methyl sites for hydroxylation is 1. The van der Waals surface area contributed by atoms with Crippen molar-refractivity contribution in [3.05, 3.63) is 51.8 Å². The maximum atomic E-state index is 11.2. The highest BCUT2D eigenvalue weighted by molar-refractivity contribution is 6.32. The van der Waals surface area contributed by atoms with E-state index >= 15 is 0 Å². The zero-order chi connectivity index (χ0) is 14.7. The third-order valence-electron chi connectivity index (χ3n) is 3.17. The Balaban J connectivity index is 2.30. The van der Waals surface area contributed by atoms with Crippen LogP contribution in [0.25, 0.3) is 0 Å². The number of benzene rings is 1. The van der Waals surface area contributed by atoms with Gasteiger partial charge in [0, 0.05) is 0 Å². The first-order chi connectivity index (χ1) is 9.51. The Morgan fingerprint density at radius 2 is 1.95 bits per heavy atom. The number of carbonyl (C=O) groups excluding carboxylic acids is 1. The zero-order valence-electron chi connectivity index (χ0n) is 12.1. The van der Waals surface area contributed by atoms with Crippen molar-refractivity contribution < 1.29 is 4.79 Å². The van der Waals surface area contributed by atoms with Crippen LogP contribution in [0.1, 0.15) is 41.0 Å². The molecule has 20 heavy (non-hydrogen) atoms. The maximum absolute atomic E-state index is 11.2. The molecule has 1 heterocycles. The fourth-order valence-electron chi connectivity index (χ4n) is 2.13. The predicted molar refractivity (Wildman–Crippen MR) is 81.4 cm³/mol. The van der Waals surface area contributed by atoms with Crippen LogP contribution in [0.5, 0.6) is 0 Å². The van der Waals surface area contributed by atoms with Gasteiger partial charge in [-0.05, 0) is 24.8 Å². The van der Waals surface area contributed by atoms with Crippen molar-refractivity contribution in [1.82, 2.24) is 9.78 Å². The van der Waals surface area contributed by atoms with Gasteiger partial charge in [-0.2, -0.15) is 5.10 Å². The fourth-order valence-corrected chi connectivity index (χ4v) is 2.38. The van der Waals surface area contributed by atoms with Gasteiger partial charge in [-0.25, -0.2) is 4.68 Å². The molecule has 0 spiro atoms. The number of hydrogen-bond acceptors (Lipinski definition) is 2. The summed E-state index contributed by atoms with van der Waals surface area (Å²) in [7, 11) is 0. The molecule has 0 aliphatic heterocycles. The van der Waals surface area contributed by atoms with Gasteiger partial charge in [0.05, 0.1) is 17.8 Å². The molecule has 0 unspecified atom stereocenters. The lowest BCUT2D eigenvalue weighted by atomic mass is 10.1. The van der Waals surface area contributed by atoms with E-state index in [-0.39, 0.29) is 0 Å². The van der Waals surface area contributed by atoms with Crippen molar-refractivity contribution >= 4 is 17.9 Å². The van der Waals surface area contributed by atoms with Crippen LogP contribution >= 0.6 is 11.6 Å². The topological polar surface area (TPSA) is 34.9 Å². The molecule has 2 rings (SSSR count). The molecular weight excluding hydrogens is 272 g/mol. The first kappa shape index (κ1) is 14.8. The Hall–Kier alpha value is -1.61. The first-order valence-corrected chi connectivity index (χ1v) is 7.15. The smallest absolute Gasteiger partial charge is 0.155 e. The van der Waals surface area contributed by atoms with Crippen molar-refractivity contribution in [2.24, 2.45) is 5.92 Å². The second-order valence-electron chi connectivity index (χ2n) is 5.51. The van der Waals surface area contributed by atoms with Gasteiger partial charge < -0.3 is 0 Å². The molecule has 106 valence electrons. The van der Waals surface area contributed by atoms with Crippen molar-refractivity contribution in [1.29, 1.82) is 0 Å². The van der Waals surface area contributed by atoms with E-state index in [1.54, 1.807) is 4.68 Å². The summed E-state index contributed by atoms with van der Waals surface area (Å²) in [5.41, 5.74) is 3.64. The van der Waals surface area contributed by atoms with Crippen LogP contribution in [0, 0.1) is 12.8 Å². The molecule has 0 aliphatic carbocycles. The van der Waals surface area contributed by atoms with Crippen LogP contribution in [0.2, 0.25) is 5.15 Å². The van der Waals surface area contributed by atoms with Crippen molar-refractivity contribution in [3.8, 4) is 0 Å². The predicted octanol–water partition coefficient (Wildman–Crippen LogP) is 3.90. The van der Waals surface area contributed by atoms with E-state index in [0.717, 1.165) is 24.0 Å². The van der Waals surface area contributed by atoms with Gasteiger partial charge in [-0.3, -0.25) is 4.79 Å². The summed E-state index contributed by atoms with van der Waals surface area (Å²) in [6.45, 7) is 6.83. The summed E-state index contributed by atoms with van der Waals surface area (Å²) < 4.78 is 1.70. The normalized spacial score (nSPS) is 11.1. The number of halogens is 1. The molecule has 0 amide bonds.